The fraction of sp³-hybridized carbons (Fsp3) is 0.353. The van der Waals surface area contributed by atoms with E-state index < -0.39 is 0 Å². The van der Waals surface area contributed by atoms with Gasteiger partial charge in [-0.1, -0.05) is 19.1 Å². The number of carbonyl (C=O) groups excluding carboxylic acids is 3. The molecule has 2 fully saturated rings. The SMILES string of the molecule is C[C@@H]1C[C@@H]1C(=O)NCCN1C(=O)S/C(=C\c2ccc(F)cc2)C1=O. The Morgan fingerprint density at radius 3 is 2.67 bits per heavy atom. The molecule has 3 amide bonds. The average molecular weight is 348 g/mol. The van der Waals surface area contributed by atoms with Crippen LogP contribution in [-0.4, -0.2) is 35.0 Å². The van der Waals surface area contributed by atoms with Crippen molar-refractivity contribution in [3.8, 4) is 0 Å². The van der Waals surface area contributed by atoms with Gasteiger partial charge in [-0.3, -0.25) is 19.3 Å². The number of halogens is 1. The Morgan fingerprint density at radius 1 is 1.38 bits per heavy atom. The number of carbonyl (C=O) groups is 3. The van der Waals surface area contributed by atoms with Crippen LogP contribution in [0.1, 0.15) is 18.9 Å². The van der Waals surface area contributed by atoms with E-state index in [9.17, 15) is 18.8 Å². The number of hydrogen-bond acceptors (Lipinski definition) is 4. The van der Waals surface area contributed by atoms with Crippen molar-refractivity contribution in [3.05, 3.63) is 40.6 Å². The van der Waals surface area contributed by atoms with E-state index in [0.717, 1.165) is 23.1 Å². The van der Waals surface area contributed by atoms with Crippen LogP contribution >= 0.6 is 11.8 Å². The maximum atomic E-state index is 12.9. The summed E-state index contributed by atoms with van der Waals surface area (Å²) in [5.74, 6) is -0.278. The summed E-state index contributed by atoms with van der Waals surface area (Å²) < 4.78 is 12.9. The highest BCUT2D eigenvalue weighted by atomic mass is 32.2. The van der Waals surface area contributed by atoms with Gasteiger partial charge in [-0.2, -0.15) is 0 Å². The van der Waals surface area contributed by atoms with Crippen LogP contribution in [0.2, 0.25) is 0 Å². The number of nitrogens with zero attached hydrogens (tertiary/aromatic N) is 1. The number of nitrogens with one attached hydrogen (secondary N) is 1. The minimum absolute atomic E-state index is 0.0173. The van der Waals surface area contributed by atoms with E-state index in [1.807, 2.05) is 6.92 Å². The van der Waals surface area contributed by atoms with E-state index in [2.05, 4.69) is 5.32 Å². The van der Waals surface area contributed by atoms with Gasteiger partial charge in [0.05, 0.1) is 4.91 Å². The van der Waals surface area contributed by atoms with Crippen LogP contribution in [0, 0.1) is 17.7 Å². The monoisotopic (exact) mass is 348 g/mol. The molecule has 1 aromatic carbocycles. The molecule has 1 aromatic rings. The Balaban J connectivity index is 1.57. The van der Waals surface area contributed by atoms with Gasteiger partial charge in [-0.15, -0.1) is 0 Å². The predicted molar refractivity (Wildman–Crippen MR) is 89.4 cm³/mol. The summed E-state index contributed by atoms with van der Waals surface area (Å²) in [5, 5.41) is 2.40. The van der Waals surface area contributed by atoms with Crippen LogP contribution < -0.4 is 5.32 Å². The molecule has 1 saturated carbocycles. The van der Waals surface area contributed by atoms with Crippen LogP contribution in [0.5, 0.6) is 0 Å². The Kier molecular flexibility index (Phi) is 4.71. The fourth-order valence-electron chi connectivity index (χ4n) is 2.51. The number of benzene rings is 1. The predicted octanol–water partition coefficient (Wildman–Crippen LogP) is 2.63. The van der Waals surface area contributed by atoms with Gasteiger partial charge >= 0.3 is 0 Å². The van der Waals surface area contributed by atoms with Gasteiger partial charge in [0.15, 0.2) is 0 Å². The van der Waals surface area contributed by atoms with Crippen LogP contribution in [-0.2, 0) is 9.59 Å². The molecule has 126 valence electrons. The summed E-state index contributed by atoms with van der Waals surface area (Å²) in [6.45, 7) is 2.42. The standard InChI is InChI=1S/C17H17FN2O3S/c1-10-8-13(10)15(21)19-6-7-20-16(22)14(24-17(20)23)9-11-2-4-12(18)5-3-11/h2-5,9-10,13H,6-8H2,1H3,(H,19,21)/b14-9-/t10-,13+/m1/s1. The smallest absolute Gasteiger partial charge is 0.293 e. The number of imide groups is 1. The van der Waals surface area contributed by atoms with Crippen molar-refractivity contribution in [2.45, 2.75) is 13.3 Å². The number of rotatable bonds is 5. The zero-order valence-electron chi connectivity index (χ0n) is 13.1. The van der Waals surface area contributed by atoms with E-state index in [0.29, 0.717) is 16.4 Å². The van der Waals surface area contributed by atoms with E-state index in [-0.39, 0.29) is 41.9 Å². The van der Waals surface area contributed by atoms with Crippen LogP contribution in [0.25, 0.3) is 6.08 Å². The van der Waals surface area contributed by atoms with Crippen LogP contribution in [0.3, 0.4) is 0 Å². The molecule has 3 rings (SSSR count). The van der Waals surface area contributed by atoms with E-state index in [1.54, 1.807) is 18.2 Å². The van der Waals surface area contributed by atoms with E-state index in [1.165, 1.54) is 12.1 Å². The third kappa shape index (κ3) is 3.67. The average Bonchev–Trinajstić information content (AvgIpc) is 3.22. The van der Waals surface area contributed by atoms with Gasteiger partial charge in [0.25, 0.3) is 11.1 Å². The topological polar surface area (TPSA) is 66.5 Å². The highest BCUT2D eigenvalue weighted by Gasteiger charge is 2.39. The first-order valence-corrected chi connectivity index (χ1v) is 8.56. The Hall–Kier alpha value is -2.15. The first-order chi connectivity index (χ1) is 11.5. The van der Waals surface area contributed by atoms with E-state index >= 15 is 0 Å². The number of hydrogen-bond donors (Lipinski definition) is 1. The molecule has 1 N–H and O–H groups in total. The molecule has 0 bridgehead atoms. The van der Waals surface area contributed by atoms with Crippen molar-refractivity contribution >= 4 is 34.9 Å². The van der Waals surface area contributed by atoms with Gasteiger partial charge in [-0.05, 0) is 47.9 Å². The van der Waals surface area contributed by atoms with Crippen molar-refractivity contribution in [1.82, 2.24) is 10.2 Å². The molecule has 2 atom stereocenters. The summed E-state index contributed by atoms with van der Waals surface area (Å²) in [6.07, 6.45) is 2.46. The Bertz CT molecular complexity index is 717. The second-order valence-electron chi connectivity index (χ2n) is 6.00. The summed E-state index contributed by atoms with van der Waals surface area (Å²) >= 11 is 0.851. The highest BCUT2D eigenvalue weighted by molar-refractivity contribution is 8.18. The Morgan fingerprint density at radius 2 is 2.04 bits per heavy atom. The molecule has 1 saturated heterocycles. The fourth-order valence-corrected chi connectivity index (χ4v) is 3.38. The largest absolute Gasteiger partial charge is 0.354 e. The van der Waals surface area contributed by atoms with Crippen molar-refractivity contribution in [1.29, 1.82) is 0 Å². The highest BCUT2D eigenvalue weighted by Crippen LogP contribution is 2.37. The minimum Gasteiger partial charge on any atom is -0.354 e. The van der Waals surface area contributed by atoms with Gasteiger partial charge in [0.1, 0.15) is 5.82 Å². The summed E-state index contributed by atoms with van der Waals surface area (Å²) in [5.41, 5.74) is 0.651. The first kappa shape index (κ1) is 16.7. The number of thioether (sulfide) groups is 1. The van der Waals surface area contributed by atoms with E-state index in [4.69, 9.17) is 0 Å². The molecule has 0 spiro atoms. The molecule has 1 aliphatic carbocycles. The summed E-state index contributed by atoms with van der Waals surface area (Å²) in [6, 6.07) is 5.68. The molecular formula is C17H17FN2O3S. The molecule has 24 heavy (non-hydrogen) atoms. The maximum Gasteiger partial charge on any atom is 0.293 e. The lowest BCUT2D eigenvalue weighted by Gasteiger charge is -2.12. The lowest BCUT2D eigenvalue weighted by atomic mass is 10.2. The van der Waals surface area contributed by atoms with Gasteiger partial charge < -0.3 is 5.32 Å². The van der Waals surface area contributed by atoms with Crippen molar-refractivity contribution in [2.75, 3.05) is 13.1 Å². The lowest BCUT2D eigenvalue weighted by Crippen LogP contribution is -2.37. The normalized spacial score (nSPS) is 24.6. The third-order valence-corrected chi connectivity index (χ3v) is 5.03. The maximum absolute atomic E-state index is 12.9. The lowest BCUT2D eigenvalue weighted by molar-refractivity contribution is -0.125. The first-order valence-electron chi connectivity index (χ1n) is 7.74. The van der Waals surface area contributed by atoms with Crippen LogP contribution in [0.4, 0.5) is 9.18 Å². The Labute approximate surface area is 143 Å². The van der Waals surface area contributed by atoms with Gasteiger partial charge in [-0.25, -0.2) is 4.39 Å². The zero-order valence-corrected chi connectivity index (χ0v) is 13.9. The van der Waals surface area contributed by atoms with Crippen molar-refractivity contribution in [3.63, 3.8) is 0 Å². The van der Waals surface area contributed by atoms with Crippen LogP contribution in [0.15, 0.2) is 29.2 Å². The molecule has 7 heteroatoms. The minimum atomic E-state index is -0.386. The molecule has 1 heterocycles. The second kappa shape index (κ2) is 6.76. The zero-order chi connectivity index (χ0) is 17.3. The molecular weight excluding hydrogens is 331 g/mol. The van der Waals surface area contributed by atoms with Crippen molar-refractivity contribution < 1.29 is 18.8 Å². The quantitative estimate of drug-likeness (QED) is 0.831. The second-order valence-corrected chi connectivity index (χ2v) is 6.99. The van der Waals surface area contributed by atoms with Gasteiger partial charge in [0.2, 0.25) is 5.91 Å². The molecule has 5 nitrogen and oxygen atoms in total. The summed E-state index contributed by atoms with van der Waals surface area (Å²) in [7, 11) is 0. The molecule has 0 unspecified atom stereocenters. The van der Waals surface area contributed by atoms with Gasteiger partial charge in [0, 0.05) is 19.0 Å². The molecule has 0 radical (unpaired) electrons. The third-order valence-electron chi connectivity index (χ3n) is 4.12. The molecule has 0 aromatic heterocycles. The van der Waals surface area contributed by atoms with Crippen molar-refractivity contribution in [2.24, 2.45) is 11.8 Å². The summed E-state index contributed by atoms with van der Waals surface area (Å²) in [4.78, 5) is 37.4. The number of amides is 3. The molecule has 2 aliphatic rings. The molecule has 1 aliphatic heterocycles.